The van der Waals surface area contributed by atoms with Gasteiger partial charge in [-0.1, -0.05) is 6.92 Å². The zero-order chi connectivity index (χ0) is 9.14. The van der Waals surface area contributed by atoms with Gasteiger partial charge in [0.15, 0.2) is 0 Å². The van der Waals surface area contributed by atoms with Gasteiger partial charge in [0.25, 0.3) is 0 Å². The number of nitrogens with zero attached hydrogens (tertiary/aromatic N) is 1. The molecule has 68 valence electrons. The van der Waals surface area contributed by atoms with Crippen LogP contribution in [0.4, 0.5) is 0 Å². The molecule has 0 aliphatic carbocycles. The van der Waals surface area contributed by atoms with Crippen molar-refractivity contribution in [3.63, 3.8) is 0 Å². The van der Waals surface area contributed by atoms with Crippen molar-refractivity contribution in [1.29, 1.82) is 0 Å². The van der Waals surface area contributed by atoms with Crippen molar-refractivity contribution < 1.29 is 9.59 Å². The van der Waals surface area contributed by atoms with Crippen molar-refractivity contribution in [1.82, 2.24) is 10.2 Å². The molecule has 0 aromatic heterocycles. The van der Waals surface area contributed by atoms with Crippen LogP contribution in [0.1, 0.15) is 20.3 Å². The Kier molecular flexibility index (Phi) is 2.68. The van der Waals surface area contributed by atoms with Gasteiger partial charge in [-0.05, 0) is 0 Å². The SMILES string of the molecule is CCC(=O)N1CC(NC(C)=O)C1. The smallest absolute Gasteiger partial charge is 0.222 e. The molecule has 0 aromatic rings. The quantitative estimate of drug-likeness (QED) is 0.621. The predicted molar refractivity (Wildman–Crippen MR) is 44.5 cm³/mol. The first-order valence-corrected chi connectivity index (χ1v) is 4.18. The standard InChI is InChI=1S/C8H14N2O2/c1-3-8(12)10-4-7(5-10)9-6(2)11/h7H,3-5H2,1-2H3,(H,9,11). The minimum absolute atomic E-state index is 0.0244. The molecule has 12 heavy (non-hydrogen) atoms. The van der Waals surface area contributed by atoms with E-state index in [-0.39, 0.29) is 17.9 Å². The molecule has 0 aromatic carbocycles. The molecule has 1 fully saturated rings. The minimum Gasteiger partial charge on any atom is -0.350 e. The molecule has 0 spiro atoms. The third-order valence-corrected chi connectivity index (χ3v) is 1.94. The summed E-state index contributed by atoms with van der Waals surface area (Å²) in [7, 11) is 0. The van der Waals surface area contributed by atoms with Crippen molar-refractivity contribution >= 4 is 11.8 Å². The Hall–Kier alpha value is -1.06. The van der Waals surface area contributed by atoms with E-state index in [1.165, 1.54) is 6.92 Å². The van der Waals surface area contributed by atoms with Crippen molar-refractivity contribution in [2.24, 2.45) is 0 Å². The lowest BCUT2D eigenvalue weighted by Gasteiger charge is -2.39. The lowest BCUT2D eigenvalue weighted by atomic mass is 10.1. The van der Waals surface area contributed by atoms with Gasteiger partial charge < -0.3 is 10.2 Å². The summed E-state index contributed by atoms with van der Waals surface area (Å²) in [5.74, 6) is 0.139. The van der Waals surface area contributed by atoms with Crippen LogP contribution >= 0.6 is 0 Å². The molecule has 2 amide bonds. The number of nitrogens with one attached hydrogen (secondary N) is 1. The van der Waals surface area contributed by atoms with E-state index in [0.29, 0.717) is 19.5 Å². The average molecular weight is 170 g/mol. The highest BCUT2D eigenvalue weighted by molar-refractivity contribution is 5.78. The third-order valence-electron chi connectivity index (χ3n) is 1.94. The molecule has 0 atom stereocenters. The first-order valence-electron chi connectivity index (χ1n) is 4.18. The average Bonchev–Trinajstić information content (AvgIpc) is 1.94. The second-order valence-corrected chi connectivity index (χ2v) is 3.05. The Bertz CT molecular complexity index is 197. The number of carbonyl (C=O) groups is 2. The molecular weight excluding hydrogens is 156 g/mol. The molecule has 0 unspecified atom stereocenters. The molecule has 0 bridgehead atoms. The fraction of sp³-hybridized carbons (Fsp3) is 0.750. The summed E-state index contributed by atoms with van der Waals surface area (Å²) in [6, 6.07) is 0.179. The molecule has 4 nitrogen and oxygen atoms in total. The summed E-state index contributed by atoms with van der Waals surface area (Å²) in [5, 5.41) is 2.76. The van der Waals surface area contributed by atoms with E-state index in [1.807, 2.05) is 6.92 Å². The third kappa shape index (κ3) is 1.96. The highest BCUT2D eigenvalue weighted by Crippen LogP contribution is 2.08. The van der Waals surface area contributed by atoms with E-state index < -0.39 is 0 Å². The number of hydrogen-bond acceptors (Lipinski definition) is 2. The van der Waals surface area contributed by atoms with Gasteiger partial charge in [-0.25, -0.2) is 0 Å². The van der Waals surface area contributed by atoms with Gasteiger partial charge in [0, 0.05) is 26.4 Å². The fourth-order valence-electron chi connectivity index (χ4n) is 1.28. The van der Waals surface area contributed by atoms with Crippen molar-refractivity contribution in [2.45, 2.75) is 26.3 Å². The fourth-order valence-corrected chi connectivity index (χ4v) is 1.28. The summed E-state index contributed by atoms with van der Waals surface area (Å²) in [5.41, 5.74) is 0. The lowest BCUT2D eigenvalue weighted by molar-refractivity contribution is -0.137. The molecule has 1 N–H and O–H groups in total. The normalized spacial score (nSPS) is 17.0. The van der Waals surface area contributed by atoms with E-state index in [1.54, 1.807) is 4.90 Å². The number of rotatable bonds is 2. The van der Waals surface area contributed by atoms with Crippen LogP contribution in [0.5, 0.6) is 0 Å². The Labute approximate surface area is 71.9 Å². The highest BCUT2D eigenvalue weighted by Gasteiger charge is 2.29. The zero-order valence-corrected chi connectivity index (χ0v) is 7.46. The second-order valence-electron chi connectivity index (χ2n) is 3.05. The van der Waals surface area contributed by atoms with Gasteiger partial charge in [-0.15, -0.1) is 0 Å². The molecule has 0 saturated carbocycles. The van der Waals surface area contributed by atoms with Crippen LogP contribution in [0.25, 0.3) is 0 Å². The first kappa shape index (κ1) is 9.03. The van der Waals surface area contributed by atoms with E-state index in [0.717, 1.165) is 0 Å². The van der Waals surface area contributed by atoms with Gasteiger partial charge in [0.2, 0.25) is 11.8 Å². The van der Waals surface area contributed by atoms with Gasteiger partial charge in [-0.3, -0.25) is 9.59 Å². The van der Waals surface area contributed by atoms with E-state index in [2.05, 4.69) is 5.32 Å². The van der Waals surface area contributed by atoms with Crippen LogP contribution in [0.2, 0.25) is 0 Å². The van der Waals surface area contributed by atoms with E-state index in [9.17, 15) is 9.59 Å². The molecule has 1 aliphatic rings. The van der Waals surface area contributed by atoms with E-state index in [4.69, 9.17) is 0 Å². The van der Waals surface area contributed by atoms with Crippen LogP contribution in [0.15, 0.2) is 0 Å². The van der Waals surface area contributed by atoms with Gasteiger partial charge >= 0.3 is 0 Å². The van der Waals surface area contributed by atoms with Gasteiger partial charge in [-0.2, -0.15) is 0 Å². The van der Waals surface area contributed by atoms with E-state index >= 15 is 0 Å². The van der Waals surface area contributed by atoms with Crippen molar-refractivity contribution in [2.75, 3.05) is 13.1 Å². The Morgan fingerprint density at radius 3 is 2.50 bits per heavy atom. The lowest BCUT2D eigenvalue weighted by Crippen LogP contribution is -2.60. The maximum Gasteiger partial charge on any atom is 0.222 e. The van der Waals surface area contributed by atoms with Gasteiger partial charge in [0.1, 0.15) is 0 Å². The van der Waals surface area contributed by atoms with Crippen LogP contribution < -0.4 is 5.32 Å². The first-order chi connectivity index (χ1) is 5.63. The molecule has 4 heteroatoms. The zero-order valence-electron chi connectivity index (χ0n) is 7.46. The van der Waals surface area contributed by atoms with Crippen LogP contribution in [-0.4, -0.2) is 35.8 Å². The number of amides is 2. The summed E-state index contributed by atoms with van der Waals surface area (Å²) in [4.78, 5) is 23.4. The molecule has 1 aliphatic heterocycles. The summed E-state index contributed by atoms with van der Waals surface area (Å²) in [6.45, 7) is 4.68. The molecule has 1 saturated heterocycles. The van der Waals surface area contributed by atoms with Crippen LogP contribution in [0.3, 0.4) is 0 Å². The molecule has 1 rings (SSSR count). The Morgan fingerprint density at radius 2 is 2.08 bits per heavy atom. The molecule has 1 heterocycles. The topological polar surface area (TPSA) is 49.4 Å². The predicted octanol–water partition coefficient (Wildman–Crippen LogP) is -0.257. The minimum atomic E-state index is -0.0244. The second kappa shape index (κ2) is 3.56. The molecular formula is C8H14N2O2. The van der Waals surface area contributed by atoms with Gasteiger partial charge in [0.05, 0.1) is 6.04 Å². The Morgan fingerprint density at radius 1 is 1.50 bits per heavy atom. The molecule has 0 radical (unpaired) electrons. The maximum absolute atomic E-state index is 11.0. The van der Waals surface area contributed by atoms with Crippen molar-refractivity contribution in [3.8, 4) is 0 Å². The summed E-state index contributed by atoms with van der Waals surface area (Å²) in [6.07, 6.45) is 0.548. The summed E-state index contributed by atoms with van der Waals surface area (Å²) < 4.78 is 0. The van der Waals surface area contributed by atoms with Crippen LogP contribution in [-0.2, 0) is 9.59 Å². The Balaban J connectivity index is 2.20. The maximum atomic E-state index is 11.0. The number of hydrogen-bond donors (Lipinski definition) is 1. The monoisotopic (exact) mass is 170 g/mol. The van der Waals surface area contributed by atoms with Crippen LogP contribution in [0, 0.1) is 0 Å². The highest BCUT2D eigenvalue weighted by atomic mass is 16.2. The largest absolute Gasteiger partial charge is 0.350 e. The number of carbonyl (C=O) groups excluding carboxylic acids is 2. The number of likely N-dealkylation sites (tertiary alicyclic amines) is 1. The summed E-state index contributed by atoms with van der Waals surface area (Å²) >= 11 is 0. The van der Waals surface area contributed by atoms with Crippen molar-refractivity contribution in [3.05, 3.63) is 0 Å².